The van der Waals surface area contributed by atoms with Gasteiger partial charge in [-0.3, -0.25) is 4.68 Å². The van der Waals surface area contributed by atoms with Crippen LogP contribution in [0.4, 0.5) is 0 Å². The third-order valence-corrected chi connectivity index (χ3v) is 4.40. The van der Waals surface area contributed by atoms with E-state index in [1.807, 2.05) is 6.20 Å². The molecule has 2 aromatic rings. The Kier molecular flexibility index (Phi) is 6.00. The molecule has 22 heavy (non-hydrogen) atoms. The molecule has 0 atom stereocenters. The summed E-state index contributed by atoms with van der Waals surface area (Å²) in [5.74, 6) is 0.683. The second-order valence-electron chi connectivity index (χ2n) is 5.80. The normalized spacial score (nSPS) is 15.5. The lowest BCUT2D eigenvalue weighted by atomic mass is 9.98. The molecule has 0 bridgehead atoms. The van der Waals surface area contributed by atoms with Crippen molar-refractivity contribution in [2.75, 3.05) is 13.2 Å². The zero-order valence-electron chi connectivity index (χ0n) is 13.0. The minimum Gasteiger partial charge on any atom is -0.381 e. The molecule has 1 aromatic heterocycles. The third kappa shape index (κ3) is 3.69. The van der Waals surface area contributed by atoms with Crippen molar-refractivity contribution in [3.05, 3.63) is 41.7 Å². The average molecular weight is 322 g/mol. The molecule has 2 heterocycles. The molecule has 0 radical (unpaired) electrons. The van der Waals surface area contributed by atoms with Gasteiger partial charge < -0.3 is 10.5 Å². The smallest absolute Gasteiger partial charge is 0.0568 e. The van der Waals surface area contributed by atoms with Crippen LogP contribution in [0.1, 0.15) is 24.0 Å². The third-order valence-electron chi connectivity index (χ3n) is 4.40. The van der Waals surface area contributed by atoms with E-state index >= 15 is 0 Å². The van der Waals surface area contributed by atoms with Crippen molar-refractivity contribution in [1.82, 2.24) is 9.78 Å². The summed E-state index contributed by atoms with van der Waals surface area (Å²) in [6.07, 6.45) is 6.38. The maximum Gasteiger partial charge on any atom is 0.0568 e. The minimum absolute atomic E-state index is 0. The summed E-state index contributed by atoms with van der Waals surface area (Å²) in [7, 11) is 0. The molecule has 0 spiro atoms. The van der Waals surface area contributed by atoms with E-state index in [-0.39, 0.29) is 12.4 Å². The lowest BCUT2D eigenvalue weighted by Gasteiger charge is -2.21. The SMILES string of the molecule is Cc1c(CN)cccc1-c1cnn(CC2CCOCC2)c1.Cl. The lowest BCUT2D eigenvalue weighted by Crippen LogP contribution is -2.20. The summed E-state index contributed by atoms with van der Waals surface area (Å²) in [4.78, 5) is 0. The van der Waals surface area contributed by atoms with Crippen molar-refractivity contribution in [1.29, 1.82) is 0 Å². The molecule has 2 N–H and O–H groups in total. The van der Waals surface area contributed by atoms with Gasteiger partial charge in [-0.15, -0.1) is 12.4 Å². The van der Waals surface area contributed by atoms with Gasteiger partial charge in [0.1, 0.15) is 0 Å². The highest BCUT2D eigenvalue weighted by Gasteiger charge is 2.15. The summed E-state index contributed by atoms with van der Waals surface area (Å²) in [6.45, 7) is 5.47. The average Bonchev–Trinajstić information content (AvgIpc) is 2.97. The van der Waals surface area contributed by atoms with Gasteiger partial charge in [-0.25, -0.2) is 0 Å². The van der Waals surface area contributed by atoms with Crippen molar-refractivity contribution >= 4 is 12.4 Å². The number of nitrogens with two attached hydrogens (primary N) is 1. The Balaban J connectivity index is 0.00000176. The second kappa shape index (κ2) is 7.77. The van der Waals surface area contributed by atoms with Gasteiger partial charge in [0, 0.05) is 38.1 Å². The van der Waals surface area contributed by atoms with Crippen LogP contribution < -0.4 is 5.73 Å². The molecule has 1 saturated heterocycles. The molecule has 5 heteroatoms. The Bertz CT molecular complexity index is 606. The Morgan fingerprint density at radius 3 is 2.82 bits per heavy atom. The van der Waals surface area contributed by atoms with Crippen LogP contribution >= 0.6 is 12.4 Å². The molecule has 0 saturated carbocycles. The largest absolute Gasteiger partial charge is 0.381 e. The molecule has 0 amide bonds. The van der Waals surface area contributed by atoms with Gasteiger partial charge in [0.15, 0.2) is 0 Å². The van der Waals surface area contributed by atoms with Crippen LogP contribution in [0.5, 0.6) is 0 Å². The summed E-state index contributed by atoms with van der Waals surface area (Å²) >= 11 is 0. The number of hydrogen-bond acceptors (Lipinski definition) is 3. The summed E-state index contributed by atoms with van der Waals surface area (Å²) in [5, 5.41) is 4.53. The maximum absolute atomic E-state index is 5.79. The zero-order valence-corrected chi connectivity index (χ0v) is 13.8. The van der Waals surface area contributed by atoms with Gasteiger partial charge in [-0.2, -0.15) is 5.10 Å². The number of hydrogen-bond donors (Lipinski definition) is 1. The van der Waals surface area contributed by atoms with Crippen molar-refractivity contribution in [3.8, 4) is 11.1 Å². The van der Waals surface area contributed by atoms with E-state index in [4.69, 9.17) is 10.5 Å². The van der Waals surface area contributed by atoms with Crippen molar-refractivity contribution < 1.29 is 4.74 Å². The van der Waals surface area contributed by atoms with E-state index in [9.17, 15) is 0 Å². The molecule has 4 nitrogen and oxygen atoms in total. The molecule has 1 aliphatic rings. The highest BCUT2D eigenvalue weighted by molar-refractivity contribution is 5.85. The highest BCUT2D eigenvalue weighted by atomic mass is 35.5. The lowest BCUT2D eigenvalue weighted by molar-refractivity contribution is 0.0601. The van der Waals surface area contributed by atoms with E-state index < -0.39 is 0 Å². The Morgan fingerprint density at radius 1 is 1.32 bits per heavy atom. The standard InChI is InChI=1S/C17H23N3O.ClH/c1-13-15(9-18)3-2-4-17(13)16-10-19-20(12-16)11-14-5-7-21-8-6-14;/h2-4,10,12,14H,5-9,11,18H2,1H3;1H. The van der Waals surface area contributed by atoms with Gasteiger partial charge in [0.2, 0.25) is 0 Å². The number of nitrogens with zero attached hydrogens (tertiary/aromatic N) is 2. The van der Waals surface area contributed by atoms with Gasteiger partial charge in [0.05, 0.1) is 6.20 Å². The predicted molar refractivity (Wildman–Crippen MR) is 91.1 cm³/mol. The van der Waals surface area contributed by atoms with Crippen LogP contribution in [0.15, 0.2) is 30.6 Å². The van der Waals surface area contributed by atoms with E-state index in [1.54, 1.807) is 0 Å². The highest BCUT2D eigenvalue weighted by Crippen LogP contribution is 2.26. The second-order valence-corrected chi connectivity index (χ2v) is 5.80. The molecular weight excluding hydrogens is 298 g/mol. The number of aromatic nitrogens is 2. The van der Waals surface area contributed by atoms with Gasteiger partial charge in [-0.05, 0) is 42.4 Å². The fourth-order valence-corrected chi connectivity index (χ4v) is 3.01. The number of halogens is 1. The molecule has 3 rings (SSSR count). The molecular formula is C17H24ClN3O. The maximum atomic E-state index is 5.79. The van der Waals surface area contributed by atoms with E-state index in [0.29, 0.717) is 12.5 Å². The van der Waals surface area contributed by atoms with E-state index in [1.165, 1.54) is 22.3 Å². The van der Waals surface area contributed by atoms with Gasteiger partial charge in [-0.1, -0.05) is 18.2 Å². The van der Waals surface area contributed by atoms with Crippen molar-refractivity contribution in [2.24, 2.45) is 11.7 Å². The quantitative estimate of drug-likeness (QED) is 0.941. The van der Waals surface area contributed by atoms with Crippen LogP contribution in [0.2, 0.25) is 0 Å². The number of ether oxygens (including phenoxy) is 1. The van der Waals surface area contributed by atoms with Crippen molar-refractivity contribution in [3.63, 3.8) is 0 Å². The molecule has 0 unspecified atom stereocenters. The first-order chi connectivity index (χ1) is 10.3. The first-order valence-electron chi connectivity index (χ1n) is 7.67. The molecule has 120 valence electrons. The summed E-state index contributed by atoms with van der Waals surface area (Å²) in [5.41, 5.74) is 10.7. The van der Waals surface area contributed by atoms with Crippen LogP contribution in [0, 0.1) is 12.8 Å². The summed E-state index contributed by atoms with van der Waals surface area (Å²) < 4.78 is 7.48. The first kappa shape index (κ1) is 17.0. The predicted octanol–water partition coefficient (Wildman–Crippen LogP) is 3.17. The van der Waals surface area contributed by atoms with Crippen molar-refractivity contribution in [2.45, 2.75) is 32.9 Å². The first-order valence-corrected chi connectivity index (χ1v) is 7.67. The van der Waals surface area contributed by atoms with Crippen LogP contribution in [0.25, 0.3) is 11.1 Å². The Morgan fingerprint density at radius 2 is 2.09 bits per heavy atom. The molecule has 1 fully saturated rings. The fourth-order valence-electron chi connectivity index (χ4n) is 3.01. The van der Waals surface area contributed by atoms with E-state index in [2.05, 4.69) is 41.1 Å². The topological polar surface area (TPSA) is 53.1 Å². The van der Waals surface area contributed by atoms with Gasteiger partial charge in [0.25, 0.3) is 0 Å². The fraction of sp³-hybridized carbons (Fsp3) is 0.471. The molecule has 0 aliphatic carbocycles. The van der Waals surface area contributed by atoms with Crippen LogP contribution in [0.3, 0.4) is 0 Å². The molecule has 1 aliphatic heterocycles. The Hall–Kier alpha value is -1.36. The van der Waals surface area contributed by atoms with E-state index in [0.717, 1.165) is 32.6 Å². The molecule has 1 aromatic carbocycles. The zero-order chi connectivity index (χ0) is 14.7. The summed E-state index contributed by atoms with van der Waals surface area (Å²) in [6, 6.07) is 6.30. The monoisotopic (exact) mass is 321 g/mol. The number of benzene rings is 1. The minimum atomic E-state index is 0. The van der Waals surface area contributed by atoms with Crippen LogP contribution in [-0.2, 0) is 17.8 Å². The Labute approximate surface area is 138 Å². The number of rotatable bonds is 4. The van der Waals surface area contributed by atoms with Crippen LogP contribution in [-0.4, -0.2) is 23.0 Å². The van der Waals surface area contributed by atoms with Gasteiger partial charge >= 0.3 is 0 Å².